The van der Waals surface area contributed by atoms with Gasteiger partial charge in [-0.25, -0.2) is 14.8 Å². The van der Waals surface area contributed by atoms with Crippen molar-refractivity contribution < 1.29 is 9.90 Å². The van der Waals surface area contributed by atoms with Crippen LogP contribution in [0.1, 0.15) is 28.0 Å². The molecule has 0 amide bonds. The molecular formula is C24H17ClN4O3. The van der Waals surface area contributed by atoms with E-state index in [1.54, 1.807) is 24.3 Å². The Balaban J connectivity index is 1.58. The van der Waals surface area contributed by atoms with Gasteiger partial charge in [-0.3, -0.25) is 9.36 Å². The summed E-state index contributed by atoms with van der Waals surface area (Å²) in [7, 11) is 0. The molecule has 0 saturated heterocycles. The third-order valence-electron chi connectivity index (χ3n) is 5.16. The SMILES string of the molecule is N#Cc1cc2c(=O)n(CCCc3ccc(Cl)cc3-c3cccc(C(=O)O)c3)cnc2cn1. The molecule has 4 aromatic rings. The van der Waals surface area contributed by atoms with Crippen molar-refractivity contribution >= 4 is 28.5 Å². The first-order chi connectivity index (χ1) is 15.5. The number of aromatic nitrogens is 3. The van der Waals surface area contributed by atoms with E-state index in [-0.39, 0.29) is 16.8 Å². The van der Waals surface area contributed by atoms with Crippen LogP contribution in [0, 0.1) is 11.3 Å². The highest BCUT2D eigenvalue weighted by atomic mass is 35.5. The molecule has 0 fully saturated rings. The van der Waals surface area contributed by atoms with Crippen LogP contribution in [0.4, 0.5) is 0 Å². The zero-order valence-corrected chi connectivity index (χ0v) is 17.6. The second kappa shape index (κ2) is 9.00. The normalized spacial score (nSPS) is 10.8. The van der Waals surface area contributed by atoms with E-state index < -0.39 is 5.97 Å². The quantitative estimate of drug-likeness (QED) is 0.474. The molecule has 32 heavy (non-hydrogen) atoms. The number of nitrogens with zero attached hydrogens (tertiary/aromatic N) is 4. The number of pyridine rings is 1. The van der Waals surface area contributed by atoms with Crippen molar-refractivity contribution in [2.75, 3.05) is 0 Å². The number of fused-ring (bicyclic) bond motifs is 1. The Bertz CT molecular complexity index is 1440. The number of carboxylic acids is 1. The van der Waals surface area contributed by atoms with Crippen LogP contribution in [-0.4, -0.2) is 25.6 Å². The molecule has 0 aliphatic heterocycles. The molecule has 0 spiro atoms. The van der Waals surface area contributed by atoms with E-state index in [1.807, 2.05) is 24.3 Å². The van der Waals surface area contributed by atoms with Crippen LogP contribution >= 0.6 is 11.6 Å². The Labute approximate surface area is 188 Å². The van der Waals surface area contributed by atoms with Gasteiger partial charge in [-0.1, -0.05) is 29.8 Å². The predicted molar refractivity (Wildman–Crippen MR) is 121 cm³/mol. The molecule has 8 heteroatoms. The zero-order valence-electron chi connectivity index (χ0n) is 16.8. The lowest BCUT2D eigenvalue weighted by Gasteiger charge is -2.12. The van der Waals surface area contributed by atoms with Gasteiger partial charge in [0.15, 0.2) is 0 Å². The number of benzene rings is 2. The number of hydrogen-bond acceptors (Lipinski definition) is 5. The van der Waals surface area contributed by atoms with E-state index in [0.717, 1.165) is 16.7 Å². The summed E-state index contributed by atoms with van der Waals surface area (Å²) in [5.74, 6) is -0.992. The number of hydrogen-bond donors (Lipinski definition) is 1. The third kappa shape index (κ3) is 4.36. The summed E-state index contributed by atoms with van der Waals surface area (Å²) in [6.07, 6.45) is 4.20. The van der Waals surface area contributed by atoms with Crippen LogP contribution in [0.2, 0.25) is 5.02 Å². The molecule has 0 aliphatic rings. The van der Waals surface area contributed by atoms with Gasteiger partial charge in [0.1, 0.15) is 11.8 Å². The first kappa shape index (κ1) is 21.2. The van der Waals surface area contributed by atoms with Crippen LogP contribution in [0.15, 0.2) is 65.8 Å². The van der Waals surface area contributed by atoms with Crippen LogP contribution in [0.3, 0.4) is 0 Å². The van der Waals surface area contributed by atoms with Gasteiger partial charge in [0.2, 0.25) is 0 Å². The minimum Gasteiger partial charge on any atom is -0.478 e. The summed E-state index contributed by atoms with van der Waals surface area (Å²) in [6, 6.07) is 15.6. The van der Waals surface area contributed by atoms with E-state index in [9.17, 15) is 14.7 Å². The smallest absolute Gasteiger partial charge is 0.335 e. The maximum atomic E-state index is 12.8. The predicted octanol–water partition coefficient (Wildman–Crippen LogP) is 4.31. The monoisotopic (exact) mass is 444 g/mol. The topological polar surface area (TPSA) is 109 Å². The molecule has 7 nitrogen and oxygen atoms in total. The van der Waals surface area contributed by atoms with Gasteiger partial charge in [0, 0.05) is 11.6 Å². The van der Waals surface area contributed by atoms with Crippen molar-refractivity contribution in [1.82, 2.24) is 14.5 Å². The summed E-state index contributed by atoms with van der Waals surface area (Å²) in [6.45, 7) is 0.434. The van der Waals surface area contributed by atoms with Gasteiger partial charge in [-0.05, 0) is 59.9 Å². The van der Waals surface area contributed by atoms with Crippen LogP contribution in [0.5, 0.6) is 0 Å². The Hall–Kier alpha value is -4.02. The zero-order chi connectivity index (χ0) is 22.7. The Morgan fingerprint density at radius 3 is 2.78 bits per heavy atom. The fraction of sp³-hybridized carbons (Fsp3) is 0.125. The number of nitriles is 1. The molecule has 2 heterocycles. The molecule has 0 atom stereocenters. The minimum atomic E-state index is -0.992. The molecule has 2 aromatic heterocycles. The highest BCUT2D eigenvalue weighted by molar-refractivity contribution is 6.30. The number of aromatic carboxylic acids is 1. The van der Waals surface area contributed by atoms with Crippen molar-refractivity contribution in [2.45, 2.75) is 19.4 Å². The Kier molecular flexibility index (Phi) is 5.97. The fourth-order valence-electron chi connectivity index (χ4n) is 3.58. The molecule has 2 aromatic carbocycles. The molecule has 0 bridgehead atoms. The fourth-order valence-corrected chi connectivity index (χ4v) is 3.75. The molecular weight excluding hydrogens is 428 g/mol. The second-order valence-electron chi connectivity index (χ2n) is 7.23. The van der Waals surface area contributed by atoms with E-state index in [0.29, 0.717) is 35.3 Å². The Morgan fingerprint density at radius 1 is 1.16 bits per heavy atom. The molecule has 0 aliphatic carbocycles. The van der Waals surface area contributed by atoms with Gasteiger partial charge in [-0.15, -0.1) is 0 Å². The maximum Gasteiger partial charge on any atom is 0.335 e. The van der Waals surface area contributed by atoms with Gasteiger partial charge < -0.3 is 5.11 Å². The van der Waals surface area contributed by atoms with Gasteiger partial charge in [-0.2, -0.15) is 5.26 Å². The van der Waals surface area contributed by atoms with Crippen molar-refractivity contribution in [3.8, 4) is 17.2 Å². The van der Waals surface area contributed by atoms with E-state index in [1.165, 1.54) is 23.2 Å². The first-order valence-corrected chi connectivity index (χ1v) is 10.2. The second-order valence-corrected chi connectivity index (χ2v) is 7.67. The van der Waals surface area contributed by atoms with E-state index in [2.05, 4.69) is 9.97 Å². The molecule has 4 rings (SSSR count). The van der Waals surface area contributed by atoms with Gasteiger partial charge in [0.05, 0.1) is 29.0 Å². The molecule has 0 radical (unpaired) electrons. The van der Waals surface area contributed by atoms with Crippen molar-refractivity contribution in [3.05, 3.63) is 93.3 Å². The molecule has 0 unspecified atom stereocenters. The Morgan fingerprint density at radius 2 is 2.00 bits per heavy atom. The summed E-state index contributed by atoms with van der Waals surface area (Å²) in [4.78, 5) is 32.3. The maximum absolute atomic E-state index is 12.8. The molecule has 158 valence electrons. The third-order valence-corrected chi connectivity index (χ3v) is 5.40. The summed E-state index contributed by atoms with van der Waals surface area (Å²) >= 11 is 6.20. The average molecular weight is 445 g/mol. The first-order valence-electron chi connectivity index (χ1n) is 9.84. The number of rotatable bonds is 6. The lowest BCUT2D eigenvalue weighted by Crippen LogP contribution is -2.21. The largest absolute Gasteiger partial charge is 0.478 e. The van der Waals surface area contributed by atoms with Crippen LogP contribution in [0.25, 0.3) is 22.0 Å². The van der Waals surface area contributed by atoms with Crippen molar-refractivity contribution in [2.24, 2.45) is 0 Å². The number of carboxylic acid groups (broad SMARTS) is 1. The highest BCUT2D eigenvalue weighted by Gasteiger charge is 2.11. The van der Waals surface area contributed by atoms with Gasteiger partial charge >= 0.3 is 5.97 Å². The highest BCUT2D eigenvalue weighted by Crippen LogP contribution is 2.29. The summed E-state index contributed by atoms with van der Waals surface area (Å²) < 4.78 is 1.52. The number of halogens is 1. The standard InChI is InChI=1S/C24H17ClN4O3/c25-18-7-6-15(20(10-18)16-3-1-4-17(9-16)24(31)32)5-2-8-29-14-28-22-13-27-19(12-26)11-21(22)23(29)30/h1,3-4,6-7,9-11,13-14H,2,5,8H2,(H,31,32). The van der Waals surface area contributed by atoms with Crippen LogP contribution < -0.4 is 5.56 Å². The lowest BCUT2D eigenvalue weighted by atomic mass is 9.95. The van der Waals surface area contributed by atoms with Crippen molar-refractivity contribution in [1.29, 1.82) is 5.26 Å². The number of aryl methyl sites for hydroxylation is 2. The van der Waals surface area contributed by atoms with Crippen LogP contribution in [-0.2, 0) is 13.0 Å². The number of carbonyl (C=O) groups is 1. The average Bonchev–Trinajstić information content (AvgIpc) is 2.81. The summed E-state index contributed by atoms with van der Waals surface area (Å²) in [5, 5.41) is 19.2. The lowest BCUT2D eigenvalue weighted by molar-refractivity contribution is 0.0697. The minimum absolute atomic E-state index is 0.170. The molecule has 0 saturated carbocycles. The van der Waals surface area contributed by atoms with Gasteiger partial charge in [0.25, 0.3) is 5.56 Å². The van der Waals surface area contributed by atoms with E-state index >= 15 is 0 Å². The molecule has 1 N–H and O–H groups in total. The van der Waals surface area contributed by atoms with E-state index in [4.69, 9.17) is 16.9 Å². The van der Waals surface area contributed by atoms with Crippen molar-refractivity contribution in [3.63, 3.8) is 0 Å². The summed E-state index contributed by atoms with van der Waals surface area (Å²) in [5.41, 5.74) is 3.22.